The number of ether oxygens (including phenoxy) is 1. The van der Waals surface area contributed by atoms with E-state index >= 15 is 0 Å². The molecule has 0 aromatic carbocycles. The highest BCUT2D eigenvalue weighted by Crippen LogP contribution is 2.35. The van der Waals surface area contributed by atoms with Crippen LogP contribution in [0.1, 0.15) is 55.6 Å². The quantitative estimate of drug-likeness (QED) is 0.810. The highest BCUT2D eigenvalue weighted by molar-refractivity contribution is 5.94. The number of carbonyl (C=O) groups is 2. The molecule has 0 radical (unpaired) electrons. The Morgan fingerprint density at radius 2 is 1.93 bits per heavy atom. The molecule has 3 heterocycles. The Morgan fingerprint density at radius 3 is 2.56 bits per heavy atom. The van der Waals surface area contributed by atoms with Crippen molar-refractivity contribution >= 4 is 12.0 Å². The fourth-order valence-electron chi connectivity index (χ4n) is 4.00. The second kappa shape index (κ2) is 7.37. The number of hydrogen-bond acceptors (Lipinski definition) is 4. The number of hydrogen-bond donors (Lipinski definition) is 0. The Balaban J connectivity index is 1.67. The molecule has 2 aliphatic heterocycles. The topological polar surface area (TPSA) is 71.8 Å². The maximum absolute atomic E-state index is 12.8. The third-order valence-corrected chi connectivity index (χ3v) is 5.98. The number of amides is 2. The minimum absolute atomic E-state index is 0.164. The van der Waals surface area contributed by atoms with Crippen molar-refractivity contribution in [3.8, 4) is 0 Å². The fraction of sp³-hybridized carbons (Fsp3) is 0.650. The summed E-state index contributed by atoms with van der Waals surface area (Å²) in [6, 6.07) is 3.55. The molecule has 27 heavy (non-hydrogen) atoms. The molecule has 2 saturated heterocycles. The first-order valence-corrected chi connectivity index (χ1v) is 9.73. The number of carbonyl (C=O) groups excluding carboxylic acids is 2. The van der Waals surface area contributed by atoms with Crippen LogP contribution in [0.3, 0.4) is 0 Å². The van der Waals surface area contributed by atoms with Gasteiger partial charge in [0.2, 0.25) is 0 Å². The lowest BCUT2D eigenvalue weighted by atomic mass is 9.90. The Bertz CT molecular complexity index is 793. The lowest BCUT2D eigenvalue weighted by molar-refractivity contribution is 0.00300. The van der Waals surface area contributed by atoms with Gasteiger partial charge in [-0.1, -0.05) is 13.3 Å². The highest BCUT2D eigenvalue weighted by atomic mass is 16.6. The number of piperidine rings is 1. The largest absolute Gasteiger partial charge is 0.441 e. The van der Waals surface area contributed by atoms with Crippen LogP contribution < -0.4 is 5.56 Å². The Kier molecular flexibility index (Phi) is 5.31. The minimum Gasteiger partial charge on any atom is -0.441 e. The lowest BCUT2D eigenvalue weighted by Gasteiger charge is -2.37. The van der Waals surface area contributed by atoms with E-state index < -0.39 is 5.60 Å². The summed E-state index contributed by atoms with van der Waals surface area (Å²) in [6.45, 7) is 7.54. The maximum atomic E-state index is 12.8. The van der Waals surface area contributed by atoms with Crippen molar-refractivity contribution in [3.63, 3.8) is 0 Å². The molecule has 1 aromatic rings. The summed E-state index contributed by atoms with van der Waals surface area (Å²) in [5.41, 5.74) is 0.231. The van der Waals surface area contributed by atoms with Crippen LogP contribution in [0.4, 0.5) is 4.79 Å². The maximum Gasteiger partial charge on any atom is 0.410 e. The van der Waals surface area contributed by atoms with Gasteiger partial charge in [-0.05, 0) is 32.4 Å². The van der Waals surface area contributed by atoms with Crippen LogP contribution in [-0.4, -0.2) is 57.6 Å². The number of pyridine rings is 1. The average Bonchev–Trinajstić information content (AvgIpc) is 2.96. The highest BCUT2D eigenvalue weighted by Gasteiger charge is 2.48. The van der Waals surface area contributed by atoms with E-state index in [0.29, 0.717) is 32.5 Å². The summed E-state index contributed by atoms with van der Waals surface area (Å²) in [6.07, 6.45) is 2.93. The molecule has 148 valence electrons. The van der Waals surface area contributed by atoms with Crippen LogP contribution in [0.25, 0.3) is 0 Å². The molecule has 2 amide bonds. The Hall–Kier alpha value is -2.31. The summed E-state index contributed by atoms with van der Waals surface area (Å²) >= 11 is 0. The zero-order valence-corrected chi connectivity index (χ0v) is 16.7. The van der Waals surface area contributed by atoms with Gasteiger partial charge in [0.1, 0.15) is 11.2 Å². The van der Waals surface area contributed by atoms with Gasteiger partial charge in [-0.15, -0.1) is 0 Å². The molecule has 0 aliphatic carbocycles. The van der Waals surface area contributed by atoms with E-state index in [1.54, 1.807) is 24.1 Å². The first-order valence-electron chi connectivity index (χ1n) is 9.73. The Morgan fingerprint density at radius 1 is 1.26 bits per heavy atom. The predicted molar refractivity (Wildman–Crippen MR) is 102 cm³/mol. The number of nitrogens with zero attached hydrogens (tertiary/aromatic N) is 3. The summed E-state index contributed by atoms with van der Waals surface area (Å²) in [5.74, 6) is -0.244. The number of aromatic nitrogens is 1. The van der Waals surface area contributed by atoms with Crippen LogP contribution in [0.15, 0.2) is 16.9 Å². The second-order valence-corrected chi connectivity index (χ2v) is 7.86. The van der Waals surface area contributed by atoms with E-state index in [-0.39, 0.29) is 29.2 Å². The predicted octanol–water partition coefficient (Wildman–Crippen LogP) is 2.31. The Labute approximate surface area is 159 Å². The summed E-state index contributed by atoms with van der Waals surface area (Å²) in [4.78, 5) is 41.0. The van der Waals surface area contributed by atoms with Crippen molar-refractivity contribution in [3.05, 3.63) is 33.7 Å². The lowest BCUT2D eigenvalue weighted by Crippen LogP contribution is -2.50. The molecule has 0 saturated carbocycles. The third-order valence-electron chi connectivity index (χ3n) is 5.98. The fourth-order valence-corrected chi connectivity index (χ4v) is 4.00. The van der Waals surface area contributed by atoms with Crippen LogP contribution in [0, 0.1) is 6.92 Å². The summed E-state index contributed by atoms with van der Waals surface area (Å²) in [7, 11) is 1.67. The van der Waals surface area contributed by atoms with E-state index in [1.807, 2.05) is 11.8 Å². The van der Waals surface area contributed by atoms with Gasteiger partial charge in [0, 0.05) is 44.7 Å². The van der Waals surface area contributed by atoms with Crippen molar-refractivity contribution < 1.29 is 14.3 Å². The van der Waals surface area contributed by atoms with Crippen molar-refractivity contribution in [1.29, 1.82) is 0 Å². The molecule has 1 aromatic heterocycles. The zero-order chi connectivity index (χ0) is 19.8. The molecule has 2 fully saturated rings. The van der Waals surface area contributed by atoms with Crippen LogP contribution >= 0.6 is 0 Å². The molecule has 7 heteroatoms. The molecule has 0 bridgehead atoms. The van der Waals surface area contributed by atoms with Gasteiger partial charge in [0.25, 0.3) is 11.5 Å². The van der Waals surface area contributed by atoms with E-state index in [2.05, 4.69) is 13.8 Å². The average molecular weight is 375 g/mol. The van der Waals surface area contributed by atoms with Gasteiger partial charge in [-0.2, -0.15) is 0 Å². The second-order valence-electron chi connectivity index (χ2n) is 7.86. The molecule has 1 atom stereocenters. The van der Waals surface area contributed by atoms with E-state index in [9.17, 15) is 14.4 Å². The first kappa shape index (κ1) is 19.5. The van der Waals surface area contributed by atoms with Crippen molar-refractivity contribution in [2.24, 2.45) is 7.05 Å². The first-order chi connectivity index (χ1) is 12.8. The van der Waals surface area contributed by atoms with Crippen molar-refractivity contribution in [2.45, 2.75) is 58.1 Å². The van der Waals surface area contributed by atoms with Crippen molar-refractivity contribution in [2.75, 3.05) is 19.6 Å². The van der Waals surface area contributed by atoms with Gasteiger partial charge < -0.3 is 19.1 Å². The number of rotatable bonds is 4. The molecule has 0 N–H and O–H groups in total. The number of likely N-dealkylation sites (tertiary alicyclic amines) is 1. The van der Waals surface area contributed by atoms with Crippen molar-refractivity contribution in [1.82, 2.24) is 14.4 Å². The minimum atomic E-state index is -0.506. The summed E-state index contributed by atoms with van der Waals surface area (Å²) in [5, 5.41) is 0. The SMILES string of the molecule is CCCC(C)N1CC2(CCN(C(=O)c3ccc(C)n(C)c3=O)CC2)OC1=O. The van der Waals surface area contributed by atoms with E-state index in [4.69, 9.17) is 4.74 Å². The molecule has 7 nitrogen and oxygen atoms in total. The monoisotopic (exact) mass is 375 g/mol. The standard InChI is InChI=1S/C20H29N3O4/c1-5-6-15(3)23-13-20(27-19(23)26)9-11-22(12-10-20)18(25)16-8-7-14(2)21(4)17(16)24/h7-8,15H,5-6,9-13H2,1-4H3. The van der Waals surface area contributed by atoms with Gasteiger partial charge in [-0.25, -0.2) is 4.79 Å². The van der Waals surface area contributed by atoms with Gasteiger partial charge in [0.05, 0.1) is 6.54 Å². The van der Waals surface area contributed by atoms with Gasteiger partial charge >= 0.3 is 6.09 Å². The smallest absolute Gasteiger partial charge is 0.410 e. The molecule has 2 aliphatic rings. The van der Waals surface area contributed by atoms with Gasteiger partial charge in [0.15, 0.2) is 0 Å². The molecular formula is C20H29N3O4. The van der Waals surface area contributed by atoms with Crippen LogP contribution in [0.2, 0.25) is 0 Å². The van der Waals surface area contributed by atoms with Crippen LogP contribution in [-0.2, 0) is 11.8 Å². The zero-order valence-electron chi connectivity index (χ0n) is 16.7. The number of aryl methyl sites for hydroxylation is 1. The van der Waals surface area contributed by atoms with E-state index in [0.717, 1.165) is 18.5 Å². The summed E-state index contributed by atoms with van der Waals surface area (Å²) < 4.78 is 7.24. The molecule has 3 rings (SSSR count). The van der Waals surface area contributed by atoms with Gasteiger partial charge in [-0.3, -0.25) is 9.59 Å². The molecule has 1 spiro atoms. The molecular weight excluding hydrogens is 346 g/mol. The third kappa shape index (κ3) is 3.59. The van der Waals surface area contributed by atoms with Crippen LogP contribution in [0.5, 0.6) is 0 Å². The molecule has 1 unspecified atom stereocenters. The van der Waals surface area contributed by atoms with E-state index in [1.165, 1.54) is 4.57 Å². The normalized spacial score (nSPS) is 20.1.